The van der Waals surface area contributed by atoms with Gasteiger partial charge in [-0.2, -0.15) is 0 Å². The van der Waals surface area contributed by atoms with Gasteiger partial charge in [0.05, 0.1) is 28.2 Å². The molecule has 2 aliphatic rings. The molecule has 35 heavy (non-hydrogen) atoms. The number of aromatic nitrogens is 1. The van der Waals surface area contributed by atoms with E-state index in [0.29, 0.717) is 33.6 Å². The molecule has 0 radical (unpaired) electrons. The minimum Gasteiger partial charge on any atom is -0.362 e. The monoisotopic (exact) mass is 490 g/mol. The second kappa shape index (κ2) is 10.1. The topological polar surface area (TPSA) is 74.3 Å². The van der Waals surface area contributed by atoms with E-state index in [1.54, 1.807) is 25.3 Å². The van der Waals surface area contributed by atoms with Crippen molar-refractivity contribution in [3.8, 4) is 11.8 Å². The van der Waals surface area contributed by atoms with Crippen LogP contribution in [-0.2, 0) is 10.3 Å². The average molecular weight is 491 g/mol. The van der Waals surface area contributed by atoms with Gasteiger partial charge >= 0.3 is 0 Å². The van der Waals surface area contributed by atoms with Crippen LogP contribution in [0.15, 0.2) is 49.1 Å². The van der Waals surface area contributed by atoms with E-state index >= 15 is 0 Å². The molecule has 1 aromatic carbocycles. The predicted octanol–water partition coefficient (Wildman–Crippen LogP) is 5.45. The number of pyridine rings is 1. The van der Waals surface area contributed by atoms with Crippen molar-refractivity contribution < 1.29 is 9.59 Å². The molecule has 2 fully saturated rings. The lowest BCUT2D eigenvalue weighted by molar-refractivity contribution is -0.137. The lowest BCUT2D eigenvalue weighted by Gasteiger charge is -2.47. The van der Waals surface area contributed by atoms with E-state index in [2.05, 4.69) is 41.0 Å². The van der Waals surface area contributed by atoms with Gasteiger partial charge in [-0.3, -0.25) is 19.5 Å². The van der Waals surface area contributed by atoms with E-state index in [9.17, 15) is 9.59 Å². The molecule has 7 heteroatoms. The van der Waals surface area contributed by atoms with Crippen LogP contribution < -0.4 is 10.6 Å². The predicted molar refractivity (Wildman–Crippen MR) is 139 cm³/mol. The van der Waals surface area contributed by atoms with Crippen molar-refractivity contribution in [1.82, 2.24) is 15.2 Å². The quantitative estimate of drug-likeness (QED) is 0.559. The van der Waals surface area contributed by atoms with Gasteiger partial charge < -0.3 is 10.6 Å². The Morgan fingerprint density at radius 3 is 2.86 bits per heavy atom. The first kappa shape index (κ1) is 24.8. The third-order valence-electron chi connectivity index (χ3n) is 6.87. The van der Waals surface area contributed by atoms with Crippen molar-refractivity contribution in [2.75, 3.05) is 5.32 Å². The number of hydrogen-bond donors (Lipinski definition) is 2. The summed E-state index contributed by atoms with van der Waals surface area (Å²) >= 11 is 6.80. The van der Waals surface area contributed by atoms with E-state index in [0.717, 1.165) is 24.8 Å². The van der Waals surface area contributed by atoms with Crippen molar-refractivity contribution in [3.05, 3.63) is 70.8 Å². The molecule has 1 aromatic heterocycles. The number of nitrogens with zero attached hydrogens (tertiary/aromatic N) is 2. The van der Waals surface area contributed by atoms with Crippen molar-refractivity contribution >= 4 is 29.1 Å². The summed E-state index contributed by atoms with van der Waals surface area (Å²) in [6, 6.07) is 7.31. The van der Waals surface area contributed by atoms with Crippen LogP contribution in [-0.4, -0.2) is 27.7 Å². The SMILES string of the molecule is C=C1NC(C)(c2cccc(NC(=O)c3cncc(C#CC)c3)c2Cl)CC(=O)N1C1CCCC(C)C1. The van der Waals surface area contributed by atoms with E-state index in [4.69, 9.17) is 11.6 Å². The van der Waals surface area contributed by atoms with Crippen molar-refractivity contribution in [1.29, 1.82) is 0 Å². The third kappa shape index (κ3) is 5.21. The lowest BCUT2D eigenvalue weighted by Crippen LogP contribution is -2.57. The number of rotatable bonds is 4. The minimum atomic E-state index is -0.749. The zero-order chi connectivity index (χ0) is 25.2. The fourth-order valence-corrected chi connectivity index (χ4v) is 5.59. The maximum absolute atomic E-state index is 13.3. The first-order valence-corrected chi connectivity index (χ1v) is 12.4. The number of nitrogens with one attached hydrogen (secondary N) is 2. The molecule has 2 amide bonds. The number of benzene rings is 1. The van der Waals surface area contributed by atoms with Crippen LogP contribution in [0.4, 0.5) is 5.69 Å². The molecule has 3 unspecified atom stereocenters. The molecule has 1 saturated heterocycles. The second-order valence-electron chi connectivity index (χ2n) is 9.73. The molecule has 2 N–H and O–H groups in total. The molecule has 1 aliphatic heterocycles. The van der Waals surface area contributed by atoms with Crippen LogP contribution in [0.3, 0.4) is 0 Å². The highest BCUT2D eigenvalue weighted by atomic mass is 35.5. The Labute approximate surface area is 212 Å². The summed E-state index contributed by atoms with van der Waals surface area (Å²) < 4.78 is 0. The molecular formula is C28H31ClN4O2. The lowest BCUT2D eigenvalue weighted by atomic mass is 9.82. The van der Waals surface area contributed by atoms with Gasteiger partial charge in [0.25, 0.3) is 5.91 Å². The first-order valence-electron chi connectivity index (χ1n) is 12.0. The number of amides is 2. The Bertz CT molecular complexity index is 1210. The summed E-state index contributed by atoms with van der Waals surface area (Å²) in [7, 11) is 0. The number of halogens is 1. The summed E-state index contributed by atoms with van der Waals surface area (Å²) in [5, 5.41) is 6.72. The van der Waals surface area contributed by atoms with Gasteiger partial charge in [-0.25, -0.2) is 0 Å². The third-order valence-corrected chi connectivity index (χ3v) is 7.28. The van der Waals surface area contributed by atoms with Crippen molar-refractivity contribution in [2.45, 2.75) is 64.5 Å². The number of carbonyl (C=O) groups excluding carboxylic acids is 2. The maximum Gasteiger partial charge on any atom is 0.257 e. The summed E-state index contributed by atoms with van der Waals surface area (Å²) in [4.78, 5) is 32.2. The second-order valence-corrected chi connectivity index (χ2v) is 10.1. The fraction of sp³-hybridized carbons (Fsp3) is 0.393. The molecular weight excluding hydrogens is 460 g/mol. The number of anilines is 1. The van der Waals surface area contributed by atoms with Gasteiger partial charge in [-0.05, 0) is 50.3 Å². The Balaban J connectivity index is 1.55. The molecule has 0 spiro atoms. The van der Waals surface area contributed by atoms with E-state index in [1.165, 1.54) is 12.6 Å². The summed E-state index contributed by atoms with van der Waals surface area (Å²) in [6.45, 7) is 10.1. The highest BCUT2D eigenvalue weighted by Gasteiger charge is 2.42. The zero-order valence-corrected chi connectivity index (χ0v) is 21.2. The number of hydrogen-bond acceptors (Lipinski definition) is 4. The Morgan fingerprint density at radius 2 is 2.14 bits per heavy atom. The van der Waals surface area contributed by atoms with Gasteiger partial charge in [0.2, 0.25) is 5.91 Å². The Kier molecular flexibility index (Phi) is 7.18. The van der Waals surface area contributed by atoms with Crippen LogP contribution in [0.5, 0.6) is 0 Å². The maximum atomic E-state index is 13.3. The molecule has 0 bridgehead atoms. The highest BCUT2D eigenvalue weighted by Crippen LogP contribution is 2.40. The van der Waals surface area contributed by atoms with Crippen LogP contribution in [0.2, 0.25) is 5.02 Å². The van der Waals surface area contributed by atoms with Gasteiger partial charge in [0, 0.05) is 24.0 Å². The van der Waals surface area contributed by atoms with Gasteiger partial charge in [0.15, 0.2) is 0 Å². The molecule has 2 aromatic rings. The molecule has 6 nitrogen and oxygen atoms in total. The molecule has 4 rings (SSSR count). The van der Waals surface area contributed by atoms with Crippen LogP contribution in [0.1, 0.15) is 74.4 Å². The minimum absolute atomic E-state index is 0.0424. The largest absolute Gasteiger partial charge is 0.362 e. The Hall–Kier alpha value is -3.30. The normalized spacial score (nSPS) is 24.3. The molecule has 182 valence electrons. The van der Waals surface area contributed by atoms with Crippen LogP contribution in [0.25, 0.3) is 0 Å². The van der Waals surface area contributed by atoms with Gasteiger partial charge in [-0.1, -0.05) is 56.0 Å². The highest BCUT2D eigenvalue weighted by molar-refractivity contribution is 6.34. The van der Waals surface area contributed by atoms with Crippen LogP contribution >= 0.6 is 11.6 Å². The summed E-state index contributed by atoms with van der Waals surface area (Å²) in [6.07, 6.45) is 7.66. The van der Waals surface area contributed by atoms with Crippen molar-refractivity contribution in [2.24, 2.45) is 5.92 Å². The molecule has 2 heterocycles. The first-order chi connectivity index (χ1) is 16.7. The Morgan fingerprint density at radius 1 is 1.34 bits per heavy atom. The van der Waals surface area contributed by atoms with Gasteiger partial charge in [-0.15, -0.1) is 5.92 Å². The summed E-state index contributed by atoms with van der Waals surface area (Å²) in [5.41, 5.74) is 1.49. The molecule has 1 saturated carbocycles. The standard InChI is InChI=1S/C28H31ClN4O2/c1-5-8-20-14-21(17-30-16-20)27(35)31-24-12-7-11-23(26(24)29)28(4)15-25(34)33(19(3)32-28)22-10-6-9-18(2)13-22/h7,11-12,14,16-18,22,32H,3,6,9-10,13,15H2,1-2,4H3,(H,31,35). The number of carbonyl (C=O) groups is 2. The van der Waals surface area contributed by atoms with Crippen molar-refractivity contribution in [3.63, 3.8) is 0 Å². The smallest absolute Gasteiger partial charge is 0.257 e. The average Bonchev–Trinajstić information content (AvgIpc) is 2.80. The molecule has 1 aliphatic carbocycles. The summed E-state index contributed by atoms with van der Waals surface area (Å²) in [5.74, 6) is 6.61. The van der Waals surface area contributed by atoms with Gasteiger partial charge in [0.1, 0.15) is 5.82 Å². The van der Waals surface area contributed by atoms with E-state index in [1.807, 2.05) is 24.0 Å². The van der Waals surface area contributed by atoms with Crippen LogP contribution in [0, 0.1) is 17.8 Å². The van der Waals surface area contributed by atoms with E-state index in [-0.39, 0.29) is 24.3 Å². The zero-order valence-electron chi connectivity index (χ0n) is 20.5. The molecule has 3 atom stereocenters. The fourth-order valence-electron chi connectivity index (χ4n) is 5.21. The van der Waals surface area contributed by atoms with E-state index < -0.39 is 5.54 Å².